The van der Waals surface area contributed by atoms with E-state index in [1.54, 1.807) is 19.0 Å². The predicted octanol–water partition coefficient (Wildman–Crippen LogP) is 2.78. The van der Waals surface area contributed by atoms with E-state index in [0.29, 0.717) is 18.2 Å². The van der Waals surface area contributed by atoms with Crippen LogP contribution in [0.5, 0.6) is 0 Å². The first-order valence-corrected chi connectivity index (χ1v) is 7.06. The van der Waals surface area contributed by atoms with Gasteiger partial charge in [-0.3, -0.25) is 9.48 Å². The molecule has 0 aliphatic carbocycles. The van der Waals surface area contributed by atoms with Crippen molar-refractivity contribution in [3.05, 3.63) is 47.8 Å². The van der Waals surface area contributed by atoms with Gasteiger partial charge in [0.25, 0.3) is 5.91 Å². The van der Waals surface area contributed by atoms with Gasteiger partial charge in [0.2, 0.25) is 0 Å². The predicted molar refractivity (Wildman–Crippen MR) is 84.4 cm³/mol. The normalized spacial score (nSPS) is 10.7. The van der Waals surface area contributed by atoms with Crippen molar-refractivity contribution in [2.45, 2.75) is 26.4 Å². The first kappa shape index (κ1) is 15.1. The summed E-state index contributed by atoms with van der Waals surface area (Å²) in [7, 11) is 3.51. The van der Waals surface area contributed by atoms with Gasteiger partial charge in [0.15, 0.2) is 0 Å². The van der Waals surface area contributed by atoms with Crippen LogP contribution in [0.15, 0.2) is 36.7 Å². The lowest BCUT2D eigenvalue weighted by atomic mass is 10.1. The molecule has 1 amide bonds. The van der Waals surface area contributed by atoms with Gasteiger partial charge in [-0.2, -0.15) is 5.10 Å². The zero-order chi connectivity index (χ0) is 15.4. The molecule has 0 saturated carbocycles. The molecule has 0 saturated heterocycles. The van der Waals surface area contributed by atoms with E-state index in [1.165, 1.54) is 0 Å². The van der Waals surface area contributed by atoms with Crippen LogP contribution in [0, 0.1) is 0 Å². The summed E-state index contributed by atoms with van der Waals surface area (Å²) in [5.74, 6) is -0.00373. The quantitative estimate of drug-likeness (QED) is 0.919. The Bertz CT molecular complexity index is 616. The molecule has 21 heavy (non-hydrogen) atoms. The number of amides is 1. The highest BCUT2D eigenvalue weighted by Crippen LogP contribution is 2.17. The summed E-state index contributed by atoms with van der Waals surface area (Å²) in [6, 6.07) is 7.90. The molecule has 0 spiro atoms. The molecule has 0 unspecified atom stereocenters. The van der Waals surface area contributed by atoms with Crippen LogP contribution in [-0.4, -0.2) is 34.7 Å². The van der Waals surface area contributed by atoms with Crippen molar-refractivity contribution >= 4 is 11.6 Å². The number of carbonyl (C=O) groups excluding carboxylic acids is 1. The molecule has 0 aliphatic rings. The van der Waals surface area contributed by atoms with Crippen LogP contribution in [0.1, 0.15) is 35.8 Å². The largest absolute Gasteiger partial charge is 0.380 e. The van der Waals surface area contributed by atoms with Crippen LogP contribution in [0.25, 0.3) is 0 Å². The number of hydrogen-bond acceptors (Lipinski definition) is 3. The molecule has 2 rings (SSSR count). The number of hydrogen-bond donors (Lipinski definition) is 1. The smallest absolute Gasteiger partial charge is 0.255 e. The summed E-state index contributed by atoms with van der Waals surface area (Å²) in [6.45, 7) is 4.83. The van der Waals surface area contributed by atoms with E-state index in [2.05, 4.69) is 24.3 Å². The summed E-state index contributed by atoms with van der Waals surface area (Å²) >= 11 is 0. The minimum Gasteiger partial charge on any atom is -0.380 e. The maximum atomic E-state index is 12.1. The molecule has 0 bridgehead atoms. The number of nitrogens with zero attached hydrogens (tertiary/aromatic N) is 3. The number of rotatable bonds is 5. The number of carbonyl (C=O) groups is 1. The Morgan fingerprint density at radius 3 is 2.67 bits per heavy atom. The summed E-state index contributed by atoms with van der Waals surface area (Å²) in [6.07, 6.45) is 3.87. The molecule has 0 aliphatic heterocycles. The lowest BCUT2D eigenvalue weighted by molar-refractivity contribution is 0.0828. The van der Waals surface area contributed by atoms with Crippen molar-refractivity contribution in [2.75, 3.05) is 19.4 Å². The second-order valence-electron chi connectivity index (χ2n) is 5.52. The van der Waals surface area contributed by atoms with E-state index in [4.69, 9.17) is 0 Å². The first-order chi connectivity index (χ1) is 9.99. The number of aromatic nitrogens is 2. The minimum absolute atomic E-state index is 0.00373. The molecule has 1 N–H and O–H groups in total. The number of benzene rings is 1. The van der Waals surface area contributed by atoms with Gasteiger partial charge in [-0.15, -0.1) is 0 Å². The third kappa shape index (κ3) is 3.62. The lowest BCUT2D eigenvalue weighted by Crippen LogP contribution is -2.22. The van der Waals surface area contributed by atoms with E-state index < -0.39 is 0 Å². The fourth-order valence-corrected chi connectivity index (χ4v) is 2.01. The van der Waals surface area contributed by atoms with E-state index in [1.807, 2.05) is 41.3 Å². The van der Waals surface area contributed by atoms with Gasteiger partial charge in [0.05, 0.1) is 11.8 Å². The highest BCUT2D eigenvalue weighted by Gasteiger charge is 2.12. The Labute approximate surface area is 125 Å². The fourth-order valence-electron chi connectivity index (χ4n) is 2.01. The Morgan fingerprint density at radius 1 is 1.33 bits per heavy atom. The molecule has 5 nitrogen and oxygen atoms in total. The highest BCUT2D eigenvalue weighted by atomic mass is 16.2. The van der Waals surface area contributed by atoms with Crippen LogP contribution in [0.3, 0.4) is 0 Å². The van der Waals surface area contributed by atoms with E-state index in [9.17, 15) is 4.79 Å². The van der Waals surface area contributed by atoms with Crippen molar-refractivity contribution < 1.29 is 4.79 Å². The van der Waals surface area contributed by atoms with Crippen molar-refractivity contribution in [3.8, 4) is 0 Å². The summed E-state index contributed by atoms with van der Waals surface area (Å²) in [5.41, 5.74) is 2.61. The molecular weight excluding hydrogens is 264 g/mol. The molecule has 1 heterocycles. The number of anilines is 1. The topological polar surface area (TPSA) is 50.2 Å². The summed E-state index contributed by atoms with van der Waals surface area (Å²) in [5, 5.41) is 7.63. The maximum Gasteiger partial charge on any atom is 0.255 e. The zero-order valence-corrected chi connectivity index (χ0v) is 13.0. The molecule has 2 aromatic rings. The zero-order valence-electron chi connectivity index (χ0n) is 13.0. The van der Waals surface area contributed by atoms with Crippen molar-refractivity contribution in [1.82, 2.24) is 14.7 Å². The average Bonchev–Trinajstić information content (AvgIpc) is 2.93. The van der Waals surface area contributed by atoms with Crippen molar-refractivity contribution in [3.63, 3.8) is 0 Å². The Morgan fingerprint density at radius 2 is 2.05 bits per heavy atom. The highest BCUT2D eigenvalue weighted by molar-refractivity contribution is 5.99. The minimum atomic E-state index is -0.00373. The van der Waals surface area contributed by atoms with E-state index >= 15 is 0 Å². The standard InChI is InChI=1S/C16H22N4O/c1-12(2)20-11-13(10-18-20)9-17-15-8-6-5-7-14(15)16(21)19(3)4/h5-8,10-12,17H,9H2,1-4H3. The van der Waals surface area contributed by atoms with Crippen LogP contribution < -0.4 is 5.32 Å². The SMILES string of the molecule is CC(C)n1cc(CNc2ccccc2C(=O)N(C)C)cn1. The summed E-state index contributed by atoms with van der Waals surface area (Å²) < 4.78 is 1.92. The molecular formula is C16H22N4O. The Hall–Kier alpha value is -2.30. The van der Waals surface area contributed by atoms with Crippen molar-refractivity contribution in [2.24, 2.45) is 0 Å². The van der Waals surface area contributed by atoms with Gasteiger partial charge in [0.1, 0.15) is 0 Å². The lowest BCUT2D eigenvalue weighted by Gasteiger charge is -2.15. The van der Waals surface area contributed by atoms with E-state index in [-0.39, 0.29) is 5.91 Å². The van der Waals surface area contributed by atoms with Crippen molar-refractivity contribution in [1.29, 1.82) is 0 Å². The van der Waals surface area contributed by atoms with Crippen LogP contribution in [0.2, 0.25) is 0 Å². The number of nitrogens with one attached hydrogen (secondary N) is 1. The average molecular weight is 286 g/mol. The molecule has 112 valence electrons. The molecule has 0 atom stereocenters. The van der Waals surface area contributed by atoms with Gasteiger partial charge in [-0.1, -0.05) is 12.1 Å². The summed E-state index contributed by atoms with van der Waals surface area (Å²) in [4.78, 5) is 13.7. The van der Waals surface area contributed by atoms with Crippen LogP contribution >= 0.6 is 0 Å². The second kappa shape index (κ2) is 6.43. The van der Waals surface area contributed by atoms with Gasteiger partial charge >= 0.3 is 0 Å². The first-order valence-electron chi connectivity index (χ1n) is 7.06. The monoisotopic (exact) mass is 286 g/mol. The maximum absolute atomic E-state index is 12.1. The third-order valence-corrected chi connectivity index (χ3v) is 3.23. The fraction of sp³-hybridized carbons (Fsp3) is 0.375. The molecule has 0 radical (unpaired) electrons. The second-order valence-corrected chi connectivity index (χ2v) is 5.52. The molecule has 1 aromatic heterocycles. The van der Waals surface area contributed by atoms with Gasteiger partial charge in [0, 0.05) is 44.1 Å². The van der Waals surface area contributed by atoms with Crippen LogP contribution in [0.4, 0.5) is 5.69 Å². The molecule has 5 heteroatoms. The van der Waals surface area contributed by atoms with Gasteiger partial charge in [-0.25, -0.2) is 0 Å². The Balaban J connectivity index is 2.11. The number of para-hydroxylation sites is 1. The molecule has 1 aromatic carbocycles. The van der Waals surface area contributed by atoms with Gasteiger partial charge in [-0.05, 0) is 26.0 Å². The van der Waals surface area contributed by atoms with Gasteiger partial charge < -0.3 is 10.2 Å². The molecule has 0 fully saturated rings. The van der Waals surface area contributed by atoms with Crippen LogP contribution in [-0.2, 0) is 6.54 Å². The van der Waals surface area contributed by atoms with E-state index in [0.717, 1.165) is 11.3 Å². The Kier molecular flexibility index (Phi) is 4.62. The third-order valence-electron chi connectivity index (χ3n) is 3.23.